The van der Waals surface area contributed by atoms with Crippen LogP contribution in [0.5, 0.6) is 11.5 Å². The number of benzene rings is 1. The van der Waals surface area contributed by atoms with Crippen molar-refractivity contribution in [2.45, 2.75) is 26.1 Å². The van der Waals surface area contributed by atoms with Crippen LogP contribution in [0.2, 0.25) is 0 Å². The Morgan fingerprint density at radius 3 is 1.82 bits per heavy atom. The molecule has 96 valence electrons. The minimum absolute atomic E-state index is 0.401. The van der Waals surface area contributed by atoms with Gasteiger partial charge in [0.05, 0.1) is 32.0 Å². The van der Waals surface area contributed by atoms with E-state index in [1.165, 1.54) is 0 Å². The molecular weight excluding hydrogens is 220 g/mol. The lowest BCUT2D eigenvalue weighted by Gasteiger charge is -2.21. The molecule has 0 atom stereocenters. The number of rotatable bonds is 5. The first-order valence-corrected chi connectivity index (χ1v) is 5.40. The zero-order valence-corrected chi connectivity index (χ0v) is 11.0. The molecule has 0 unspecified atom stereocenters. The molecule has 0 aliphatic carbocycles. The summed E-state index contributed by atoms with van der Waals surface area (Å²) in [6, 6.07) is 3.60. The first-order chi connectivity index (χ1) is 7.93. The van der Waals surface area contributed by atoms with E-state index >= 15 is 0 Å². The minimum atomic E-state index is -0.938. The highest BCUT2D eigenvalue weighted by Crippen LogP contribution is 2.35. The molecule has 0 fully saturated rings. The van der Waals surface area contributed by atoms with Crippen LogP contribution < -0.4 is 9.47 Å². The molecule has 1 rings (SSSR count). The van der Waals surface area contributed by atoms with Crippen LogP contribution in [0.3, 0.4) is 0 Å². The van der Waals surface area contributed by atoms with Gasteiger partial charge in [0.2, 0.25) is 0 Å². The van der Waals surface area contributed by atoms with Gasteiger partial charge in [0.25, 0.3) is 0 Å². The molecule has 0 bridgehead atoms. The fourth-order valence-electron chi connectivity index (χ4n) is 1.62. The largest absolute Gasteiger partial charge is 0.496 e. The molecule has 4 nitrogen and oxygen atoms in total. The van der Waals surface area contributed by atoms with E-state index in [-0.39, 0.29) is 0 Å². The van der Waals surface area contributed by atoms with Crippen molar-refractivity contribution in [3.8, 4) is 11.5 Å². The van der Waals surface area contributed by atoms with Crippen LogP contribution in [-0.4, -0.2) is 26.4 Å². The molecule has 17 heavy (non-hydrogen) atoms. The number of hydrogen-bond donors (Lipinski definition) is 1. The number of hydrogen-bond acceptors (Lipinski definition) is 4. The summed E-state index contributed by atoms with van der Waals surface area (Å²) in [6.45, 7) is 3.84. The molecule has 0 radical (unpaired) electrons. The van der Waals surface area contributed by atoms with Crippen molar-refractivity contribution < 1.29 is 19.3 Å². The fourth-order valence-corrected chi connectivity index (χ4v) is 1.62. The van der Waals surface area contributed by atoms with E-state index in [2.05, 4.69) is 0 Å². The van der Waals surface area contributed by atoms with Gasteiger partial charge in [0, 0.05) is 7.11 Å². The molecule has 0 amide bonds. The highest BCUT2D eigenvalue weighted by atomic mass is 16.5. The van der Waals surface area contributed by atoms with Gasteiger partial charge in [-0.2, -0.15) is 0 Å². The van der Waals surface area contributed by atoms with Crippen LogP contribution >= 0.6 is 0 Å². The van der Waals surface area contributed by atoms with Gasteiger partial charge in [-0.15, -0.1) is 0 Å². The van der Waals surface area contributed by atoms with Crippen LogP contribution in [0, 0.1) is 0 Å². The normalized spacial score (nSPS) is 11.4. The van der Waals surface area contributed by atoms with E-state index in [1.807, 2.05) is 0 Å². The minimum Gasteiger partial charge on any atom is -0.496 e. The predicted molar refractivity (Wildman–Crippen MR) is 65.5 cm³/mol. The lowest BCUT2D eigenvalue weighted by Crippen LogP contribution is -2.16. The van der Waals surface area contributed by atoms with Crippen LogP contribution in [0.1, 0.15) is 25.0 Å². The van der Waals surface area contributed by atoms with Gasteiger partial charge < -0.3 is 19.3 Å². The third-order valence-electron chi connectivity index (χ3n) is 2.60. The van der Waals surface area contributed by atoms with Crippen LogP contribution in [0.15, 0.2) is 12.1 Å². The van der Waals surface area contributed by atoms with Crippen molar-refractivity contribution in [2.24, 2.45) is 0 Å². The van der Waals surface area contributed by atoms with E-state index < -0.39 is 5.60 Å². The second-order valence-electron chi connectivity index (χ2n) is 4.35. The van der Waals surface area contributed by atoms with Crippen molar-refractivity contribution in [3.05, 3.63) is 23.3 Å². The lowest BCUT2D eigenvalue weighted by atomic mass is 9.96. The molecule has 1 aromatic carbocycles. The Morgan fingerprint density at radius 2 is 1.53 bits per heavy atom. The molecule has 0 aliphatic rings. The van der Waals surface area contributed by atoms with Crippen molar-refractivity contribution in [1.29, 1.82) is 0 Å². The van der Waals surface area contributed by atoms with Gasteiger partial charge in [-0.3, -0.25) is 0 Å². The lowest BCUT2D eigenvalue weighted by molar-refractivity contribution is 0.0778. The summed E-state index contributed by atoms with van der Waals surface area (Å²) in [6.07, 6.45) is 0. The first kappa shape index (κ1) is 13.8. The molecule has 0 spiro atoms. The Bertz CT molecular complexity index is 354. The zero-order chi connectivity index (χ0) is 13.1. The highest BCUT2D eigenvalue weighted by molar-refractivity contribution is 5.49. The summed E-state index contributed by atoms with van der Waals surface area (Å²) in [5, 5.41) is 10.0. The Hall–Kier alpha value is -1.26. The Balaban J connectivity index is 3.33. The van der Waals surface area contributed by atoms with Gasteiger partial charge in [-0.25, -0.2) is 0 Å². The zero-order valence-electron chi connectivity index (χ0n) is 11.0. The number of methoxy groups -OCH3 is 3. The summed E-state index contributed by atoms with van der Waals surface area (Å²) in [5.41, 5.74) is 0.642. The molecule has 4 heteroatoms. The topological polar surface area (TPSA) is 47.9 Å². The first-order valence-electron chi connectivity index (χ1n) is 5.40. The van der Waals surface area contributed by atoms with Crippen LogP contribution in [0.4, 0.5) is 0 Å². The van der Waals surface area contributed by atoms with Crippen molar-refractivity contribution in [2.75, 3.05) is 21.3 Å². The van der Waals surface area contributed by atoms with Crippen molar-refractivity contribution in [1.82, 2.24) is 0 Å². The fraction of sp³-hybridized carbons (Fsp3) is 0.538. The standard InChI is InChI=1S/C13H20O4/c1-13(2,14)9-6-11(16-4)10(8-15-3)12(7-9)17-5/h6-7,14H,8H2,1-5H3. The van der Waals surface area contributed by atoms with Gasteiger partial charge >= 0.3 is 0 Å². The average molecular weight is 240 g/mol. The molecule has 0 saturated heterocycles. The third-order valence-corrected chi connectivity index (χ3v) is 2.60. The molecular formula is C13H20O4. The average Bonchev–Trinajstić information content (AvgIpc) is 2.28. The molecule has 0 aromatic heterocycles. The van der Waals surface area contributed by atoms with E-state index in [9.17, 15) is 5.11 Å². The number of ether oxygens (including phenoxy) is 3. The summed E-state index contributed by atoms with van der Waals surface area (Å²) >= 11 is 0. The summed E-state index contributed by atoms with van der Waals surface area (Å²) < 4.78 is 15.7. The Kier molecular flexibility index (Phi) is 4.37. The second kappa shape index (κ2) is 5.38. The van der Waals surface area contributed by atoms with Crippen molar-refractivity contribution >= 4 is 0 Å². The molecule has 1 aromatic rings. The smallest absolute Gasteiger partial charge is 0.128 e. The van der Waals surface area contributed by atoms with Gasteiger partial charge in [0.15, 0.2) is 0 Å². The maximum Gasteiger partial charge on any atom is 0.128 e. The highest BCUT2D eigenvalue weighted by Gasteiger charge is 2.21. The maximum absolute atomic E-state index is 10.0. The van der Waals surface area contributed by atoms with E-state index in [4.69, 9.17) is 14.2 Å². The molecule has 0 saturated carbocycles. The second-order valence-corrected chi connectivity index (χ2v) is 4.35. The monoisotopic (exact) mass is 240 g/mol. The van der Waals surface area contributed by atoms with Crippen molar-refractivity contribution in [3.63, 3.8) is 0 Å². The van der Waals surface area contributed by atoms with E-state index in [1.54, 1.807) is 47.3 Å². The Morgan fingerprint density at radius 1 is 1.06 bits per heavy atom. The molecule has 1 N–H and O–H groups in total. The summed E-state index contributed by atoms with van der Waals surface area (Å²) in [5.74, 6) is 1.31. The quantitative estimate of drug-likeness (QED) is 0.856. The van der Waals surface area contributed by atoms with Gasteiger partial charge in [0.1, 0.15) is 11.5 Å². The number of aliphatic hydroxyl groups is 1. The van der Waals surface area contributed by atoms with Gasteiger partial charge in [-0.1, -0.05) is 0 Å². The molecule has 0 heterocycles. The van der Waals surface area contributed by atoms with Crippen LogP contribution in [-0.2, 0) is 16.9 Å². The SMILES string of the molecule is COCc1c(OC)cc(C(C)(C)O)cc1OC. The van der Waals surface area contributed by atoms with Gasteiger partial charge in [-0.05, 0) is 31.5 Å². The Labute approximate surface area is 102 Å². The predicted octanol–water partition coefficient (Wildman–Crippen LogP) is 2.08. The molecule has 0 aliphatic heterocycles. The summed E-state index contributed by atoms with van der Waals surface area (Å²) in [7, 11) is 4.78. The van der Waals surface area contributed by atoms with Crippen LogP contribution in [0.25, 0.3) is 0 Å². The van der Waals surface area contributed by atoms with E-state index in [0.717, 1.165) is 11.1 Å². The maximum atomic E-state index is 10.0. The van der Waals surface area contributed by atoms with E-state index in [0.29, 0.717) is 18.1 Å². The summed E-state index contributed by atoms with van der Waals surface area (Å²) in [4.78, 5) is 0. The third kappa shape index (κ3) is 3.11.